The molecule has 0 atom stereocenters. The summed E-state index contributed by atoms with van der Waals surface area (Å²) in [6.07, 6.45) is 1.50. The number of rotatable bonds is 7. The van der Waals surface area contributed by atoms with Gasteiger partial charge in [0, 0.05) is 18.2 Å². The van der Waals surface area contributed by atoms with Gasteiger partial charge in [0.1, 0.15) is 4.21 Å². The lowest BCUT2D eigenvalue weighted by Gasteiger charge is -2.14. The first kappa shape index (κ1) is 18.1. The first-order chi connectivity index (χ1) is 12.5. The molecule has 2 aromatic heterocycles. The van der Waals surface area contributed by atoms with Crippen molar-refractivity contribution in [1.29, 1.82) is 0 Å². The van der Waals surface area contributed by atoms with Crippen LogP contribution in [0.25, 0.3) is 10.6 Å². The molecule has 2 heterocycles. The Kier molecular flexibility index (Phi) is 5.05. The van der Waals surface area contributed by atoms with Crippen LogP contribution in [0.4, 0.5) is 5.69 Å². The van der Waals surface area contributed by atoms with E-state index < -0.39 is 10.0 Å². The molecule has 0 amide bonds. The minimum absolute atomic E-state index is 0.137. The monoisotopic (exact) mass is 396 g/mol. The van der Waals surface area contributed by atoms with Crippen molar-refractivity contribution in [3.8, 4) is 27.9 Å². The summed E-state index contributed by atoms with van der Waals surface area (Å²) < 4.78 is 48.8. The fourth-order valence-corrected chi connectivity index (χ4v) is 4.59. The highest BCUT2D eigenvalue weighted by Gasteiger charge is 2.21. The van der Waals surface area contributed by atoms with Gasteiger partial charge in [0.05, 0.1) is 38.1 Å². The van der Waals surface area contributed by atoms with Gasteiger partial charge in [0.2, 0.25) is 5.75 Å². The van der Waals surface area contributed by atoms with E-state index in [1.807, 2.05) is 0 Å². The molecule has 0 radical (unpaired) electrons. The van der Waals surface area contributed by atoms with Crippen LogP contribution in [0.2, 0.25) is 0 Å². The molecule has 0 aliphatic carbocycles. The molecule has 8 nitrogen and oxygen atoms in total. The molecular formula is C16H16N2O6S2. The van der Waals surface area contributed by atoms with E-state index in [0.29, 0.717) is 27.9 Å². The van der Waals surface area contributed by atoms with Crippen LogP contribution in [0.15, 0.2) is 45.3 Å². The van der Waals surface area contributed by atoms with E-state index in [0.717, 1.165) is 11.3 Å². The van der Waals surface area contributed by atoms with Crippen LogP contribution in [-0.2, 0) is 10.0 Å². The van der Waals surface area contributed by atoms with Gasteiger partial charge < -0.3 is 18.7 Å². The Hall–Kier alpha value is -2.72. The molecule has 0 fully saturated rings. The van der Waals surface area contributed by atoms with Gasteiger partial charge in [0.15, 0.2) is 17.3 Å². The summed E-state index contributed by atoms with van der Waals surface area (Å²) in [5, 5.41) is 3.62. The molecule has 0 aliphatic rings. The lowest BCUT2D eigenvalue weighted by molar-refractivity contribution is 0.325. The molecule has 0 saturated heterocycles. The maximum absolute atomic E-state index is 12.7. The summed E-state index contributed by atoms with van der Waals surface area (Å²) >= 11 is 1.07. The van der Waals surface area contributed by atoms with E-state index in [9.17, 15) is 8.42 Å². The number of methoxy groups -OCH3 is 3. The quantitative estimate of drug-likeness (QED) is 0.654. The molecule has 0 bridgehead atoms. The van der Waals surface area contributed by atoms with Crippen molar-refractivity contribution in [2.24, 2.45) is 0 Å². The smallest absolute Gasteiger partial charge is 0.271 e. The topological polar surface area (TPSA) is 99.9 Å². The van der Waals surface area contributed by atoms with Gasteiger partial charge in [-0.05, 0) is 12.1 Å². The number of ether oxygens (including phenoxy) is 3. The minimum atomic E-state index is -3.80. The van der Waals surface area contributed by atoms with Crippen LogP contribution in [0.3, 0.4) is 0 Å². The number of hydrogen-bond donors (Lipinski definition) is 1. The van der Waals surface area contributed by atoms with E-state index >= 15 is 0 Å². The number of thiophene rings is 1. The first-order valence-electron chi connectivity index (χ1n) is 7.32. The van der Waals surface area contributed by atoms with Crippen LogP contribution in [0.1, 0.15) is 0 Å². The van der Waals surface area contributed by atoms with Crippen molar-refractivity contribution in [3.05, 3.63) is 36.5 Å². The van der Waals surface area contributed by atoms with Crippen LogP contribution in [-0.4, -0.2) is 34.9 Å². The summed E-state index contributed by atoms with van der Waals surface area (Å²) in [6, 6.07) is 7.86. The zero-order valence-corrected chi connectivity index (χ0v) is 15.8. The third-order valence-electron chi connectivity index (χ3n) is 3.44. The van der Waals surface area contributed by atoms with Crippen LogP contribution in [0, 0.1) is 0 Å². The Bertz CT molecular complexity index is 971. The van der Waals surface area contributed by atoms with Gasteiger partial charge in [-0.3, -0.25) is 4.72 Å². The molecular weight excluding hydrogens is 380 g/mol. The Labute approximate surface area is 154 Å². The molecule has 0 saturated carbocycles. The van der Waals surface area contributed by atoms with Gasteiger partial charge in [-0.15, -0.1) is 11.3 Å². The van der Waals surface area contributed by atoms with Crippen LogP contribution < -0.4 is 18.9 Å². The number of nitrogens with zero attached hydrogens (tertiary/aromatic N) is 1. The predicted molar refractivity (Wildman–Crippen MR) is 96.7 cm³/mol. The number of anilines is 1. The Balaban J connectivity index is 1.92. The molecule has 138 valence electrons. The maximum atomic E-state index is 12.7. The second-order valence-corrected chi connectivity index (χ2v) is 8.01. The highest BCUT2D eigenvalue weighted by atomic mass is 32.2. The minimum Gasteiger partial charge on any atom is -0.493 e. The predicted octanol–water partition coefficient (Wildman–Crippen LogP) is 3.23. The van der Waals surface area contributed by atoms with Gasteiger partial charge >= 0.3 is 0 Å². The maximum Gasteiger partial charge on any atom is 0.271 e. The average Bonchev–Trinajstić information content (AvgIpc) is 3.31. The zero-order valence-electron chi connectivity index (χ0n) is 14.2. The van der Waals surface area contributed by atoms with Gasteiger partial charge in [0.25, 0.3) is 10.0 Å². The standard InChI is InChI=1S/C16H16N2O6S2/c1-21-12-8-10(9-13(22-2)16(12)23-3)18-26(19,20)15-5-4-14(25-15)11-6-7-17-24-11/h4-9,18H,1-3H3. The first-order valence-corrected chi connectivity index (χ1v) is 9.62. The summed E-state index contributed by atoms with van der Waals surface area (Å²) in [7, 11) is 0.588. The van der Waals surface area contributed by atoms with Gasteiger partial charge in [-0.25, -0.2) is 8.42 Å². The SMILES string of the molecule is COc1cc(NS(=O)(=O)c2ccc(-c3ccno3)s2)cc(OC)c1OC. The molecule has 0 aliphatic heterocycles. The molecule has 0 spiro atoms. The van der Waals surface area contributed by atoms with Gasteiger partial charge in [-0.2, -0.15) is 0 Å². The van der Waals surface area contributed by atoms with Crippen molar-refractivity contribution in [3.63, 3.8) is 0 Å². The second kappa shape index (κ2) is 7.26. The Morgan fingerprint density at radius 3 is 2.27 bits per heavy atom. The highest BCUT2D eigenvalue weighted by molar-refractivity contribution is 7.94. The molecule has 3 aromatic rings. The molecule has 1 aromatic carbocycles. The van der Waals surface area contributed by atoms with Crippen molar-refractivity contribution in [2.75, 3.05) is 26.1 Å². The summed E-state index contributed by atoms with van der Waals surface area (Å²) in [6.45, 7) is 0. The Morgan fingerprint density at radius 2 is 1.73 bits per heavy atom. The third-order valence-corrected chi connectivity index (χ3v) is 6.42. The third kappa shape index (κ3) is 3.46. The molecule has 0 unspecified atom stereocenters. The summed E-state index contributed by atoms with van der Waals surface area (Å²) in [4.78, 5) is 0.660. The Morgan fingerprint density at radius 1 is 1.04 bits per heavy atom. The van der Waals surface area contributed by atoms with E-state index in [-0.39, 0.29) is 9.90 Å². The molecule has 3 rings (SSSR count). The van der Waals surface area contributed by atoms with Crippen molar-refractivity contribution < 1.29 is 27.2 Å². The van der Waals surface area contributed by atoms with Crippen molar-refractivity contribution >= 4 is 27.0 Å². The molecule has 26 heavy (non-hydrogen) atoms. The summed E-state index contributed by atoms with van der Waals surface area (Å²) in [5.74, 6) is 1.57. The summed E-state index contributed by atoms with van der Waals surface area (Å²) in [5.41, 5.74) is 0.286. The lowest BCUT2D eigenvalue weighted by atomic mass is 10.2. The van der Waals surface area contributed by atoms with E-state index in [2.05, 4.69) is 9.88 Å². The largest absolute Gasteiger partial charge is 0.493 e. The number of aromatic nitrogens is 1. The zero-order chi connectivity index (χ0) is 18.7. The number of benzene rings is 1. The number of hydrogen-bond acceptors (Lipinski definition) is 8. The van der Waals surface area contributed by atoms with Crippen LogP contribution >= 0.6 is 11.3 Å². The van der Waals surface area contributed by atoms with Crippen LogP contribution in [0.5, 0.6) is 17.2 Å². The van der Waals surface area contributed by atoms with Crippen molar-refractivity contribution in [2.45, 2.75) is 4.21 Å². The van der Waals surface area contributed by atoms with E-state index in [1.54, 1.807) is 12.1 Å². The number of sulfonamides is 1. The highest BCUT2D eigenvalue weighted by Crippen LogP contribution is 2.40. The van der Waals surface area contributed by atoms with E-state index in [4.69, 9.17) is 18.7 Å². The molecule has 10 heteroatoms. The van der Waals surface area contributed by atoms with E-state index in [1.165, 1.54) is 45.7 Å². The van der Waals surface area contributed by atoms with Crippen molar-refractivity contribution in [1.82, 2.24) is 5.16 Å². The fraction of sp³-hybridized carbons (Fsp3) is 0.188. The normalized spacial score (nSPS) is 11.2. The number of nitrogens with one attached hydrogen (secondary N) is 1. The fourth-order valence-electron chi connectivity index (χ4n) is 2.29. The second-order valence-electron chi connectivity index (χ2n) is 5.01. The molecule has 1 N–H and O–H groups in total. The lowest BCUT2D eigenvalue weighted by Crippen LogP contribution is -2.11. The van der Waals surface area contributed by atoms with Gasteiger partial charge in [-0.1, -0.05) is 5.16 Å². The average molecular weight is 396 g/mol.